The Morgan fingerprint density at radius 2 is 2.00 bits per heavy atom. The van der Waals surface area contributed by atoms with Gasteiger partial charge in [0, 0.05) is 17.5 Å². The predicted molar refractivity (Wildman–Crippen MR) is 75.2 cm³/mol. The second kappa shape index (κ2) is 6.38. The van der Waals surface area contributed by atoms with Gasteiger partial charge < -0.3 is 5.32 Å². The van der Waals surface area contributed by atoms with Crippen molar-refractivity contribution in [2.24, 2.45) is 0 Å². The molecule has 2 heteroatoms. The largest absolute Gasteiger partial charge is 0.305 e. The van der Waals surface area contributed by atoms with Crippen LogP contribution >= 0.6 is 11.3 Å². The Hall–Kier alpha value is -1.38. The molecular formula is C15H17NS. The van der Waals surface area contributed by atoms with E-state index in [1.54, 1.807) is 11.3 Å². The first-order valence-electron chi connectivity index (χ1n) is 5.82. The second-order valence-corrected chi connectivity index (χ2v) is 4.94. The molecule has 1 aromatic heterocycles. The summed E-state index contributed by atoms with van der Waals surface area (Å²) in [5.74, 6) is 0. The van der Waals surface area contributed by atoms with Gasteiger partial charge in [-0.25, -0.2) is 0 Å². The SMILES string of the molecule is C=CCC(NCc1ccccc1)c1cccs1. The first kappa shape index (κ1) is 12.1. The van der Waals surface area contributed by atoms with Crippen molar-refractivity contribution in [3.63, 3.8) is 0 Å². The summed E-state index contributed by atoms with van der Waals surface area (Å²) in [6, 6.07) is 15.1. The number of rotatable bonds is 6. The molecule has 1 unspecified atom stereocenters. The Labute approximate surface area is 107 Å². The highest BCUT2D eigenvalue weighted by molar-refractivity contribution is 7.10. The third-order valence-corrected chi connectivity index (χ3v) is 3.67. The van der Waals surface area contributed by atoms with Crippen LogP contribution in [0.4, 0.5) is 0 Å². The van der Waals surface area contributed by atoms with E-state index in [4.69, 9.17) is 0 Å². The molecule has 0 saturated heterocycles. The van der Waals surface area contributed by atoms with E-state index in [0.29, 0.717) is 6.04 Å². The highest BCUT2D eigenvalue weighted by atomic mass is 32.1. The van der Waals surface area contributed by atoms with Crippen LogP contribution < -0.4 is 5.32 Å². The Kier molecular flexibility index (Phi) is 4.54. The Morgan fingerprint density at radius 3 is 2.65 bits per heavy atom. The molecule has 0 bridgehead atoms. The number of thiophene rings is 1. The third kappa shape index (κ3) is 3.55. The van der Waals surface area contributed by atoms with E-state index < -0.39 is 0 Å². The van der Waals surface area contributed by atoms with Gasteiger partial charge >= 0.3 is 0 Å². The molecule has 88 valence electrons. The number of nitrogens with one attached hydrogen (secondary N) is 1. The lowest BCUT2D eigenvalue weighted by atomic mass is 10.1. The standard InChI is InChI=1S/C15H17NS/c1-2-7-14(15-10-6-11-17-15)16-12-13-8-4-3-5-9-13/h2-6,8-11,14,16H,1,7,12H2. The molecule has 0 saturated carbocycles. The lowest BCUT2D eigenvalue weighted by Crippen LogP contribution is -2.19. The van der Waals surface area contributed by atoms with Gasteiger partial charge in [0.2, 0.25) is 0 Å². The molecule has 1 heterocycles. The van der Waals surface area contributed by atoms with Crippen molar-refractivity contribution in [1.29, 1.82) is 0 Å². The number of hydrogen-bond donors (Lipinski definition) is 1. The van der Waals surface area contributed by atoms with Gasteiger partial charge in [0.15, 0.2) is 0 Å². The molecule has 0 aliphatic heterocycles. The van der Waals surface area contributed by atoms with E-state index in [-0.39, 0.29) is 0 Å². The minimum Gasteiger partial charge on any atom is -0.305 e. The van der Waals surface area contributed by atoms with E-state index in [2.05, 4.69) is 53.7 Å². The van der Waals surface area contributed by atoms with E-state index in [1.807, 2.05) is 12.1 Å². The van der Waals surface area contributed by atoms with Crippen LogP contribution in [0.2, 0.25) is 0 Å². The molecule has 0 fully saturated rings. The summed E-state index contributed by atoms with van der Waals surface area (Å²) in [4.78, 5) is 1.38. The van der Waals surface area contributed by atoms with Crippen LogP contribution in [0.25, 0.3) is 0 Å². The number of benzene rings is 1. The summed E-state index contributed by atoms with van der Waals surface area (Å²) in [7, 11) is 0. The van der Waals surface area contributed by atoms with Crippen molar-refractivity contribution in [2.75, 3.05) is 0 Å². The lowest BCUT2D eigenvalue weighted by molar-refractivity contribution is 0.547. The van der Waals surface area contributed by atoms with Crippen LogP contribution in [0.15, 0.2) is 60.5 Å². The smallest absolute Gasteiger partial charge is 0.0452 e. The van der Waals surface area contributed by atoms with Gasteiger partial charge in [-0.1, -0.05) is 42.5 Å². The van der Waals surface area contributed by atoms with E-state index >= 15 is 0 Å². The van der Waals surface area contributed by atoms with Gasteiger partial charge in [-0.3, -0.25) is 0 Å². The van der Waals surface area contributed by atoms with Crippen LogP contribution in [-0.4, -0.2) is 0 Å². The van der Waals surface area contributed by atoms with Gasteiger partial charge in [0.1, 0.15) is 0 Å². The normalized spacial score (nSPS) is 12.2. The topological polar surface area (TPSA) is 12.0 Å². The lowest BCUT2D eigenvalue weighted by Gasteiger charge is -2.15. The van der Waals surface area contributed by atoms with Crippen molar-refractivity contribution in [3.8, 4) is 0 Å². The molecule has 1 N–H and O–H groups in total. The summed E-state index contributed by atoms with van der Waals surface area (Å²) in [5.41, 5.74) is 1.32. The maximum absolute atomic E-state index is 3.83. The summed E-state index contributed by atoms with van der Waals surface area (Å²) in [6.07, 6.45) is 2.94. The summed E-state index contributed by atoms with van der Waals surface area (Å²) >= 11 is 1.80. The zero-order valence-electron chi connectivity index (χ0n) is 9.80. The molecule has 17 heavy (non-hydrogen) atoms. The average molecular weight is 243 g/mol. The van der Waals surface area contributed by atoms with Crippen molar-refractivity contribution < 1.29 is 0 Å². The fraction of sp³-hybridized carbons (Fsp3) is 0.200. The monoisotopic (exact) mass is 243 g/mol. The van der Waals surface area contributed by atoms with E-state index in [1.165, 1.54) is 10.4 Å². The predicted octanol–water partition coefficient (Wildman–Crippen LogP) is 4.16. The first-order valence-corrected chi connectivity index (χ1v) is 6.69. The minimum absolute atomic E-state index is 0.382. The maximum Gasteiger partial charge on any atom is 0.0452 e. The summed E-state index contributed by atoms with van der Waals surface area (Å²) in [6.45, 7) is 4.73. The van der Waals surface area contributed by atoms with Crippen molar-refractivity contribution >= 4 is 11.3 Å². The highest BCUT2D eigenvalue weighted by Gasteiger charge is 2.09. The molecule has 1 atom stereocenters. The zero-order chi connectivity index (χ0) is 11.9. The molecule has 1 aromatic carbocycles. The molecule has 0 spiro atoms. The summed E-state index contributed by atoms with van der Waals surface area (Å²) in [5, 5.41) is 5.70. The Morgan fingerprint density at radius 1 is 1.18 bits per heavy atom. The van der Waals surface area contributed by atoms with Gasteiger partial charge in [-0.15, -0.1) is 17.9 Å². The van der Waals surface area contributed by atoms with Crippen molar-refractivity contribution in [1.82, 2.24) is 5.32 Å². The molecule has 2 aromatic rings. The quantitative estimate of drug-likeness (QED) is 0.751. The van der Waals surface area contributed by atoms with E-state index in [9.17, 15) is 0 Å². The highest BCUT2D eigenvalue weighted by Crippen LogP contribution is 2.22. The molecular weight excluding hydrogens is 226 g/mol. The van der Waals surface area contributed by atoms with Gasteiger partial charge in [-0.2, -0.15) is 0 Å². The second-order valence-electron chi connectivity index (χ2n) is 3.96. The molecule has 0 amide bonds. The van der Waals surface area contributed by atoms with Crippen molar-refractivity contribution in [2.45, 2.75) is 19.0 Å². The van der Waals surface area contributed by atoms with Gasteiger partial charge in [0.25, 0.3) is 0 Å². The summed E-state index contributed by atoms with van der Waals surface area (Å²) < 4.78 is 0. The minimum atomic E-state index is 0.382. The van der Waals surface area contributed by atoms with E-state index in [0.717, 1.165) is 13.0 Å². The van der Waals surface area contributed by atoms with Crippen LogP contribution in [0.3, 0.4) is 0 Å². The molecule has 0 aliphatic carbocycles. The third-order valence-electron chi connectivity index (χ3n) is 2.68. The Balaban J connectivity index is 1.97. The fourth-order valence-corrected chi connectivity index (χ4v) is 2.61. The molecule has 0 aliphatic rings. The molecule has 1 nitrogen and oxygen atoms in total. The van der Waals surface area contributed by atoms with Gasteiger partial charge in [-0.05, 0) is 23.4 Å². The van der Waals surface area contributed by atoms with Crippen LogP contribution in [-0.2, 0) is 6.54 Å². The van der Waals surface area contributed by atoms with Crippen LogP contribution in [0, 0.1) is 0 Å². The number of hydrogen-bond acceptors (Lipinski definition) is 2. The average Bonchev–Trinajstić information content (AvgIpc) is 2.89. The van der Waals surface area contributed by atoms with Crippen LogP contribution in [0.1, 0.15) is 22.9 Å². The molecule has 0 radical (unpaired) electrons. The first-order chi connectivity index (χ1) is 8.40. The zero-order valence-corrected chi connectivity index (χ0v) is 10.6. The Bertz CT molecular complexity index is 433. The fourth-order valence-electron chi connectivity index (χ4n) is 1.79. The van der Waals surface area contributed by atoms with Crippen molar-refractivity contribution in [3.05, 3.63) is 70.9 Å². The maximum atomic E-state index is 3.83. The molecule has 2 rings (SSSR count). The van der Waals surface area contributed by atoms with Crippen LogP contribution in [0.5, 0.6) is 0 Å². The van der Waals surface area contributed by atoms with Gasteiger partial charge in [0.05, 0.1) is 0 Å².